The monoisotopic (exact) mass is 411 g/mol. The zero-order valence-electron chi connectivity index (χ0n) is 17.5. The molecule has 0 aromatic heterocycles. The lowest BCUT2D eigenvalue weighted by atomic mass is 10.1. The van der Waals surface area contributed by atoms with E-state index in [0.29, 0.717) is 24.6 Å². The Bertz CT molecular complexity index is 843. The molecule has 3 rings (SSSR count). The van der Waals surface area contributed by atoms with Gasteiger partial charge >= 0.3 is 0 Å². The lowest BCUT2D eigenvalue weighted by Crippen LogP contribution is -2.51. The van der Waals surface area contributed by atoms with Crippen LogP contribution in [0.2, 0.25) is 0 Å². The first kappa shape index (κ1) is 21.6. The van der Waals surface area contributed by atoms with Gasteiger partial charge in [0.05, 0.1) is 6.54 Å². The second-order valence-electron chi connectivity index (χ2n) is 7.43. The van der Waals surface area contributed by atoms with Crippen molar-refractivity contribution in [1.82, 2.24) is 10.2 Å². The molecule has 30 heavy (non-hydrogen) atoms. The van der Waals surface area contributed by atoms with Crippen molar-refractivity contribution in [2.75, 3.05) is 37.6 Å². The maximum absolute atomic E-state index is 13.1. The molecular formula is C23H30FN5O. The molecule has 1 fully saturated rings. The summed E-state index contributed by atoms with van der Waals surface area (Å²) in [6, 6.07) is 14.0. The number of nitrogens with zero attached hydrogens (tertiary/aromatic N) is 3. The fourth-order valence-corrected chi connectivity index (χ4v) is 3.36. The number of nitrogens with two attached hydrogens (primary N) is 1. The third kappa shape index (κ3) is 5.95. The van der Waals surface area contributed by atoms with Gasteiger partial charge in [-0.3, -0.25) is 4.79 Å². The fraction of sp³-hybridized carbons (Fsp3) is 0.391. The Kier molecular flexibility index (Phi) is 7.65. The molecule has 1 saturated heterocycles. The van der Waals surface area contributed by atoms with Gasteiger partial charge in [-0.15, -0.1) is 0 Å². The number of benzene rings is 2. The molecule has 0 aliphatic carbocycles. The molecule has 0 atom stereocenters. The number of carbonyl (C=O) groups excluding carboxylic acids is 1. The zero-order chi connectivity index (χ0) is 21.3. The summed E-state index contributed by atoms with van der Waals surface area (Å²) in [4.78, 5) is 20.9. The van der Waals surface area contributed by atoms with Crippen molar-refractivity contribution >= 4 is 17.6 Å². The normalized spacial score (nSPS) is 14.7. The molecule has 1 aliphatic heterocycles. The van der Waals surface area contributed by atoms with Crippen LogP contribution in [0.3, 0.4) is 0 Å². The van der Waals surface area contributed by atoms with Gasteiger partial charge in [-0.25, -0.2) is 9.38 Å². The van der Waals surface area contributed by atoms with Gasteiger partial charge in [0.25, 0.3) is 5.91 Å². The van der Waals surface area contributed by atoms with E-state index >= 15 is 0 Å². The minimum Gasteiger partial charge on any atom is -0.370 e. The molecule has 0 saturated carbocycles. The summed E-state index contributed by atoms with van der Waals surface area (Å²) in [7, 11) is 0. The number of amides is 1. The Morgan fingerprint density at radius 3 is 2.37 bits per heavy atom. The van der Waals surface area contributed by atoms with E-state index < -0.39 is 0 Å². The zero-order valence-corrected chi connectivity index (χ0v) is 17.5. The number of hydrogen-bond donors (Lipinski definition) is 2. The Morgan fingerprint density at radius 1 is 1.07 bits per heavy atom. The van der Waals surface area contributed by atoms with Crippen LogP contribution in [0.5, 0.6) is 0 Å². The molecule has 1 amide bonds. The van der Waals surface area contributed by atoms with Crippen LogP contribution in [0.4, 0.5) is 10.1 Å². The standard InChI is InChI=1S/C23H30FN5O/c1-2-3-12-26-22(30)19-6-4-18(5-7-19)17-27-23(25)29-15-13-28(14-16-29)21-10-8-20(24)9-11-21/h4-11H,2-3,12-17H2,1H3,(H2,25,27)(H,26,30). The molecule has 0 radical (unpaired) electrons. The third-order valence-electron chi connectivity index (χ3n) is 5.25. The summed E-state index contributed by atoms with van der Waals surface area (Å²) in [6.45, 7) is 6.42. The van der Waals surface area contributed by atoms with Crippen LogP contribution < -0.4 is 16.0 Å². The van der Waals surface area contributed by atoms with Crippen LogP contribution in [0.25, 0.3) is 0 Å². The smallest absolute Gasteiger partial charge is 0.251 e. The molecule has 6 nitrogen and oxygen atoms in total. The van der Waals surface area contributed by atoms with Crippen molar-refractivity contribution in [3.05, 3.63) is 65.5 Å². The van der Waals surface area contributed by atoms with Crippen LogP contribution in [0.15, 0.2) is 53.5 Å². The number of nitrogens with one attached hydrogen (secondary N) is 1. The molecule has 2 aromatic rings. The highest BCUT2D eigenvalue weighted by molar-refractivity contribution is 5.94. The summed E-state index contributed by atoms with van der Waals surface area (Å²) < 4.78 is 13.1. The Morgan fingerprint density at radius 2 is 1.73 bits per heavy atom. The summed E-state index contributed by atoms with van der Waals surface area (Å²) in [5.41, 5.74) is 8.87. The van der Waals surface area contributed by atoms with E-state index in [1.807, 2.05) is 24.3 Å². The molecule has 3 N–H and O–H groups in total. The maximum Gasteiger partial charge on any atom is 0.251 e. The number of carbonyl (C=O) groups is 1. The first-order chi connectivity index (χ1) is 14.6. The topological polar surface area (TPSA) is 74.0 Å². The maximum atomic E-state index is 13.1. The number of guanidine groups is 1. The highest BCUT2D eigenvalue weighted by Gasteiger charge is 2.18. The number of aliphatic imine (C=N–C) groups is 1. The Balaban J connectivity index is 1.48. The highest BCUT2D eigenvalue weighted by atomic mass is 19.1. The molecule has 1 aliphatic rings. The van der Waals surface area contributed by atoms with Crippen molar-refractivity contribution in [2.45, 2.75) is 26.3 Å². The molecule has 0 unspecified atom stereocenters. The van der Waals surface area contributed by atoms with Gasteiger partial charge in [-0.2, -0.15) is 0 Å². The molecule has 0 spiro atoms. The number of piperazine rings is 1. The summed E-state index contributed by atoms with van der Waals surface area (Å²) in [5.74, 6) is 0.256. The van der Waals surface area contributed by atoms with Crippen LogP contribution in [0.1, 0.15) is 35.7 Å². The van der Waals surface area contributed by atoms with Crippen LogP contribution in [0, 0.1) is 5.82 Å². The van der Waals surface area contributed by atoms with Gasteiger partial charge < -0.3 is 20.9 Å². The largest absolute Gasteiger partial charge is 0.370 e. The van der Waals surface area contributed by atoms with Crippen molar-refractivity contribution < 1.29 is 9.18 Å². The second kappa shape index (κ2) is 10.6. The third-order valence-corrected chi connectivity index (χ3v) is 5.25. The average Bonchev–Trinajstić information content (AvgIpc) is 2.78. The van der Waals surface area contributed by atoms with Gasteiger partial charge in [0, 0.05) is 44.0 Å². The van der Waals surface area contributed by atoms with E-state index in [-0.39, 0.29) is 11.7 Å². The minimum atomic E-state index is -0.223. The first-order valence-electron chi connectivity index (χ1n) is 10.5. The molecule has 160 valence electrons. The molecule has 0 bridgehead atoms. The number of anilines is 1. The van der Waals surface area contributed by atoms with Crippen molar-refractivity contribution in [2.24, 2.45) is 10.7 Å². The van der Waals surface area contributed by atoms with E-state index in [1.54, 1.807) is 12.1 Å². The van der Waals surface area contributed by atoms with E-state index in [0.717, 1.165) is 50.3 Å². The van der Waals surface area contributed by atoms with E-state index in [4.69, 9.17) is 5.73 Å². The van der Waals surface area contributed by atoms with E-state index in [2.05, 4.69) is 27.0 Å². The number of halogens is 1. The summed E-state index contributed by atoms with van der Waals surface area (Å²) in [6.07, 6.45) is 2.04. The van der Waals surface area contributed by atoms with Gasteiger partial charge in [0.1, 0.15) is 5.82 Å². The highest BCUT2D eigenvalue weighted by Crippen LogP contribution is 2.17. The Labute approximate surface area is 177 Å². The summed E-state index contributed by atoms with van der Waals surface area (Å²) >= 11 is 0. The molecule has 7 heteroatoms. The molecule has 2 aromatic carbocycles. The van der Waals surface area contributed by atoms with Crippen molar-refractivity contribution in [3.63, 3.8) is 0 Å². The van der Waals surface area contributed by atoms with Gasteiger partial charge in [-0.05, 0) is 48.4 Å². The number of unbranched alkanes of at least 4 members (excludes halogenated alkanes) is 1. The van der Waals surface area contributed by atoms with E-state index in [1.165, 1.54) is 12.1 Å². The van der Waals surface area contributed by atoms with Crippen molar-refractivity contribution in [1.29, 1.82) is 0 Å². The molecular weight excluding hydrogens is 381 g/mol. The first-order valence-corrected chi connectivity index (χ1v) is 10.5. The lowest BCUT2D eigenvalue weighted by molar-refractivity contribution is 0.0953. The number of rotatable bonds is 7. The van der Waals surface area contributed by atoms with Gasteiger partial charge in [0.2, 0.25) is 0 Å². The quantitative estimate of drug-likeness (QED) is 0.417. The summed E-state index contributed by atoms with van der Waals surface area (Å²) in [5, 5.41) is 2.91. The second-order valence-corrected chi connectivity index (χ2v) is 7.43. The lowest BCUT2D eigenvalue weighted by Gasteiger charge is -2.36. The number of hydrogen-bond acceptors (Lipinski definition) is 3. The molecule has 1 heterocycles. The predicted molar refractivity (Wildman–Crippen MR) is 119 cm³/mol. The van der Waals surface area contributed by atoms with Crippen LogP contribution >= 0.6 is 0 Å². The van der Waals surface area contributed by atoms with Crippen LogP contribution in [-0.2, 0) is 6.54 Å². The van der Waals surface area contributed by atoms with E-state index in [9.17, 15) is 9.18 Å². The van der Waals surface area contributed by atoms with Gasteiger partial charge in [-0.1, -0.05) is 25.5 Å². The predicted octanol–water partition coefficient (Wildman–Crippen LogP) is 2.99. The van der Waals surface area contributed by atoms with Gasteiger partial charge in [0.15, 0.2) is 5.96 Å². The average molecular weight is 412 g/mol. The van der Waals surface area contributed by atoms with Crippen molar-refractivity contribution in [3.8, 4) is 0 Å². The van der Waals surface area contributed by atoms with Crippen LogP contribution in [-0.4, -0.2) is 49.5 Å². The minimum absolute atomic E-state index is 0.0444. The fourth-order valence-electron chi connectivity index (χ4n) is 3.36. The Hall–Kier alpha value is -3.09. The SMILES string of the molecule is CCCCNC(=O)c1ccc(CN=C(N)N2CCN(c3ccc(F)cc3)CC2)cc1.